The molecule has 1 aromatic rings. The van der Waals surface area contributed by atoms with Crippen molar-refractivity contribution >= 4 is 11.8 Å². The molecule has 0 bridgehead atoms. The van der Waals surface area contributed by atoms with Gasteiger partial charge in [0.25, 0.3) is 5.69 Å². The molecule has 2 unspecified atom stereocenters. The van der Waals surface area contributed by atoms with Gasteiger partial charge >= 0.3 is 6.09 Å². The Labute approximate surface area is 145 Å². The third kappa shape index (κ3) is 6.65. The van der Waals surface area contributed by atoms with Gasteiger partial charge in [0.15, 0.2) is 0 Å². The Bertz CT molecular complexity index is 613. The maximum atomic E-state index is 11.5. The van der Waals surface area contributed by atoms with Crippen molar-refractivity contribution in [3.63, 3.8) is 0 Å². The average Bonchev–Trinajstić information content (AvgIpc) is 2.51. The molecule has 140 valence electrons. The number of nitrogens with zero attached hydrogens (tertiary/aromatic N) is 1. The lowest BCUT2D eigenvalue weighted by molar-refractivity contribution is -0.386. The summed E-state index contributed by atoms with van der Waals surface area (Å²) >= 11 is 0. The lowest BCUT2D eigenvalue weighted by Gasteiger charge is -2.21. The third-order valence-corrected chi connectivity index (χ3v) is 3.29. The third-order valence-electron chi connectivity index (χ3n) is 3.29. The standard InChI is InChI=1S/C16H24N2O7/c1-16(2,3)25-15(22)17-7-6-13(20)14(21)10-4-5-11(9-19)12(8-10)18(23)24/h4-5,8,13-14,19-21H,6-7,9H2,1-3H3,(H,17,22). The van der Waals surface area contributed by atoms with Crippen LogP contribution in [0, 0.1) is 10.1 Å². The minimum Gasteiger partial charge on any atom is -0.444 e. The predicted molar refractivity (Wildman–Crippen MR) is 88.8 cm³/mol. The van der Waals surface area contributed by atoms with Gasteiger partial charge in [-0.15, -0.1) is 0 Å². The summed E-state index contributed by atoms with van der Waals surface area (Å²) in [5, 5.41) is 42.7. The molecule has 0 saturated heterocycles. The number of hydrogen-bond donors (Lipinski definition) is 4. The highest BCUT2D eigenvalue weighted by Gasteiger charge is 2.23. The van der Waals surface area contributed by atoms with Crippen molar-refractivity contribution < 1.29 is 29.8 Å². The lowest BCUT2D eigenvalue weighted by atomic mass is 9.99. The minimum atomic E-state index is -1.37. The molecular formula is C16H24N2O7. The number of nitrogens with one attached hydrogen (secondary N) is 1. The monoisotopic (exact) mass is 356 g/mol. The van der Waals surface area contributed by atoms with Crippen molar-refractivity contribution in [3.8, 4) is 0 Å². The highest BCUT2D eigenvalue weighted by molar-refractivity contribution is 5.67. The van der Waals surface area contributed by atoms with E-state index in [0.29, 0.717) is 0 Å². The molecule has 0 fully saturated rings. The number of carbonyl (C=O) groups is 1. The molecule has 0 aliphatic heterocycles. The molecule has 0 spiro atoms. The van der Waals surface area contributed by atoms with E-state index in [4.69, 9.17) is 9.84 Å². The Balaban J connectivity index is 2.64. The molecule has 0 radical (unpaired) electrons. The maximum Gasteiger partial charge on any atom is 0.407 e. The van der Waals surface area contributed by atoms with Crippen LogP contribution in [0.2, 0.25) is 0 Å². The summed E-state index contributed by atoms with van der Waals surface area (Å²) in [6.07, 6.45) is -3.23. The molecule has 0 heterocycles. The normalized spacial score (nSPS) is 13.8. The van der Waals surface area contributed by atoms with Crippen molar-refractivity contribution in [2.24, 2.45) is 0 Å². The number of amides is 1. The van der Waals surface area contributed by atoms with E-state index in [1.54, 1.807) is 20.8 Å². The van der Waals surface area contributed by atoms with E-state index >= 15 is 0 Å². The van der Waals surface area contributed by atoms with Gasteiger partial charge in [-0.2, -0.15) is 0 Å². The first-order valence-electron chi connectivity index (χ1n) is 7.76. The zero-order valence-electron chi connectivity index (χ0n) is 14.4. The van der Waals surface area contributed by atoms with E-state index in [1.165, 1.54) is 12.1 Å². The maximum absolute atomic E-state index is 11.5. The van der Waals surface area contributed by atoms with Crippen molar-refractivity contribution in [1.82, 2.24) is 5.32 Å². The van der Waals surface area contributed by atoms with E-state index in [-0.39, 0.29) is 29.8 Å². The second-order valence-electron chi connectivity index (χ2n) is 6.53. The average molecular weight is 356 g/mol. The number of nitro benzene ring substituents is 1. The van der Waals surface area contributed by atoms with Crippen molar-refractivity contribution in [2.45, 2.75) is 51.6 Å². The van der Waals surface area contributed by atoms with Crippen LogP contribution in [0.4, 0.5) is 10.5 Å². The fourth-order valence-corrected chi connectivity index (χ4v) is 2.08. The van der Waals surface area contributed by atoms with Crippen LogP contribution in [0.3, 0.4) is 0 Å². The number of carbonyl (C=O) groups excluding carboxylic acids is 1. The molecule has 0 aliphatic carbocycles. The van der Waals surface area contributed by atoms with Gasteiger partial charge in [0, 0.05) is 12.6 Å². The Hall–Kier alpha value is -2.23. The second-order valence-corrected chi connectivity index (χ2v) is 6.53. The summed E-state index contributed by atoms with van der Waals surface area (Å²) < 4.78 is 5.04. The fourth-order valence-electron chi connectivity index (χ4n) is 2.08. The van der Waals surface area contributed by atoms with Crippen LogP contribution in [0.15, 0.2) is 18.2 Å². The summed E-state index contributed by atoms with van der Waals surface area (Å²) in [6.45, 7) is 4.70. The summed E-state index contributed by atoms with van der Waals surface area (Å²) in [5.41, 5.74) is -0.718. The van der Waals surface area contributed by atoms with E-state index in [2.05, 4.69) is 5.32 Å². The van der Waals surface area contributed by atoms with Crippen LogP contribution in [0.25, 0.3) is 0 Å². The van der Waals surface area contributed by atoms with Gasteiger partial charge in [-0.25, -0.2) is 4.79 Å². The molecule has 0 saturated carbocycles. The topological polar surface area (TPSA) is 142 Å². The van der Waals surface area contributed by atoms with E-state index in [1.807, 2.05) is 0 Å². The van der Waals surface area contributed by atoms with Gasteiger partial charge in [-0.1, -0.05) is 6.07 Å². The molecule has 9 heteroatoms. The van der Waals surface area contributed by atoms with Gasteiger partial charge in [0.05, 0.1) is 23.2 Å². The first-order valence-corrected chi connectivity index (χ1v) is 7.76. The molecule has 2 atom stereocenters. The quantitative estimate of drug-likeness (QED) is 0.427. The number of ether oxygens (including phenoxy) is 1. The first-order chi connectivity index (χ1) is 11.5. The molecule has 0 aromatic heterocycles. The zero-order valence-corrected chi connectivity index (χ0v) is 14.4. The first kappa shape index (κ1) is 20.8. The Kier molecular flexibility index (Phi) is 7.28. The largest absolute Gasteiger partial charge is 0.444 e. The number of aliphatic hydroxyl groups is 3. The number of rotatable bonds is 7. The zero-order chi connectivity index (χ0) is 19.2. The Morgan fingerprint density at radius 1 is 1.36 bits per heavy atom. The van der Waals surface area contributed by atoms with Crippen LogP contribution >= 0.6 is 0 Å². The Morgan fingerprint density at radius 3 is 2.52 bits per heavy atom. The van der Waals surface area contributed by atoms with Gasteiger partial charge in [-0.3, -0.25) is 10.1 Å². The van der Waals surface area contributed by atoms with Gasteiger partial charge in [0.2, 0.25) is 0 Å². The smallest absolute Gasteiger partial charge is 0.407 e. The number of alkyl carbamates (subject to hydrolysis) is 1. The molecule has 1 aromatic carbocycles. The van der Waals surface area contributed by atoms with E-state index < -0.39 is 35.4 Å². The van der Waals surface area contributed by atoms with Crippen LogP contribution in [0.5, 0.6) is 0 Å². The lowest BCUT2D eigenvalue weighted by Crippen LogP contribution is -2.34. The molecule has 1 rings (SSSR count). The number of nitro groups is 1. The minimum absolute atomic E-state index is 0.0238. The Morgan fingerprint density at radius 2 is 2.00 bits per heavy atom. The molecule has 25 heavy (non-hydrogen) atoms. The van der Waals surface area contributed by atoms with Crippen LogP contribution in [-0.2, 0) is 11.3 Å². The molecule has 0 aliphatic rings. The molecular weight excluding hydrogens is 332 g/mol. The highest BCUT2D eigenvalue weighted by atomic mass is 16.6. The van der Waals surface area contributed by atoms with Crippen molar-refractivity contribution in [2.75, 3.05) is 6.54 Å². The number of hydrogen-bond acceptors (Lipinski definition) is 7. The summed E-state index contributed by atoms with van der Waals surface area (Å²) in [5.74, 6) is 0. The molecule has 9 nitrogen and oxygen atoms in total. The second kappa shape index (κ2) is 8.75. The number of aliphatic hydroxyl groups excluding tert-OH is 3. The summed E-state index contributed by atoms with van der Waals surface area (Å²) in [7, 11) is 0. The van der Waals surface area contributed by atoms with E-state index in [9.17, 15) is 25.1 Å². The van der Waals surface area contributed by atoms with Gasteiger partial charge < -0.3 is 25.4 Å². The summed E-state index contributed by atoms with van der Waals surface area (Å²) in [4.78, 5) is 21.8. The van der Waals surface area contributed by atoms with Crippen LogP contribution < -0.4 is 5.32 Å². The molecule has 1 amide bonds. The van der Waals surface area contributed by atoms with Crippen molar-refractivity contribution in [1.29, 1.82) is 0 Å². The molecule has 4 N–H and O–H groups in total. The fraction of sp³-hybridized carbons (Fsp3) is 0.562. The number of benzene rings is 1. The SMILES string of the molecule is CC(C)(C)OC(=O)NCCC(O)C(O)c1ccc(CO)c([N+](=O)[O-])c1. The van der Waals surface area contributed by atoms with Crippen molar-refractivity contribution in [3.05, 3.63) is 39.4 Å². The summed E-state index contributed by atoms with van der Waals surface area (Å²) in [6, 6.07) is 3.83. The van der Waals surface area contributed by atoms with Crippen LogP contribution in [-0.4, -0.2) is 44.6 Å². The van der Waals surface area contributed by atoms with E-state index in [0.717, 1.165) is 6.07 Å². The predicted octanol–water partition coefficient (Wildman–Crippen LogP) is 1.40. The van der Waals surface area contributed by atoms with Crippen LogP contribution in [0.1, 0.15) is 44.4 Å². The highest BCUT2D eigenvalue weighted by Crippen LogP contribution is 2.26. The van der Waals surface area contributed by atoms with Gasteiger partial charge in [0.1, 0.15) is 11.7 Å². The van der Waals surface area contributed by atoms with Gasteiger partial charge in [-0.05, 0) is 38.8 Å².